The minimum Gasteiger partial charge on any atom is -0.488 e. The maximum atomic E-state index is 5.53. The predicted molar refractivity (Wildman–Crippen MR) is 53.2 cm³/mol. The fourth-order valence-electron chi connectivity index (χ4n) is 1.46. The molecule has 0 bridgehead atoms. The van der Waals surface area contributed by atoms with Gasteiger partial charge in [-0.1, -0.05) is 24.8 Å². The highest BCUT2D eigenvalue weighted by Gasteiger charge is 2.16. The molecule has 0 aliphatic carbocycles. The highest BCUT2D eigenvalue weighted by Crippen LogP contribution is 2.33. The first-order chi connectivity index (χ1) is 6.33. The van der Waals surface area contributed by atoms with Crippen LogP contribution in [0.1, 0.15) is 5.56 Å². The zero-order valence-corrected chi connectivity index (χ0v) is 7.29. The van der Waals surface area contributed by atoms with E-state index >= 15 is 0 Å². The first-order valence-corrected chi connectivity index (χ1v) is 4.15. The Morgan fingerprint density at radius 2 is 2.15 bits per heavy atom. The quantitative estimate of drug-likeness (QED) is 0.650. The average molecular weight is 173 g/mol. The van der Waals surface area contributed by atoms with Crippen molar-refractivity contribution in [1.82, 2.24) is 0 Å². The third-order valence-corrected chi connectivity index (χ3v) is 2.13. The Balaban J connectivity index is 2.58. The van der Waals surface area contributed by atoms with Crippen molar-refractivity contribution >= 4 is 5.57 Å². The molecule has 1 aliphatic rings. The average Bonchev–Trinajstić information content (AvgIpc) is 2.18. The summed E-state index contributed by atoms with van der Waals surface area (Å²) < 4.78 is 5.47. The van der Waals surface area contributed by atoms with Gasteiger partial charge in [0.1, 0.15) is 12.4 Å². The van der Waals surface area contributed by atoms with Crippen molar-refractivity contribution in [3.8, 4) is 5.75 Å². The van der Waals surface area contributed by atoms with E-state index in [-0.39, 0.29) is 0 Å². The molecule has 0 saturated carbocycles. The monoisotopic (exact) mass is 173 g/mol. The van der Waals surface area contributed by atoms with Gasteiger partial charge in [0.05, 0.1) is 0 Å². The van der Waals surface area contributed by atoms with E-state index in [1.54, 1.807) is 6.20 Å². The Hall–Kier alpha value is -1.70. The van der Waals surface area contributed by atoms with Crippen molar-refractivity contribution in [2.45, 2.75) is 0 Å². The maximum Gasteiger partial charge on any atom is 0.127 e. The summed E-state index contributed by atoms with van der Waals surface area (Å²) in [6.07, 6.45) is 1.59. The SMILES string of the molecule is C=C1COc2ccccc2/C1=C\N. The fourth-order valence-corrected chi connectivity index (χ4v) is 1.46. The molecule has 66 valence electrons. The van der Waals surface area contributed by atoms with Gasteiger partial charge in [-0.25, -0.2) is 0 Å². The summed E-state index contributed by atoms with van der Waals surface area (Å²) in [7, 11) is 0. The number of nitrogens with two attached hydrogens (primary N) is 1. The molecule has 1 aromatic rings. The van der Waals surface area contributed by atoms with Crippen LogP contribution in [0.2, 0.25) is 0 Å². The van der Waals surface area contributed by atoms with Gasteiger partial charge in [0, 0.05) is 17.3 Å². The Morgan fingerprint density at radius 3 is 2.92 bits per heavy atom. The highest BCUT2D eigenvalue weighted by atomic mass is 16.5. The lowest BCUT2D eigenvalue weighted by Crippen LogP contribution is -2.11. The van der Waals surface area contributed by atoms with Crippen molar-refractivity contribution in [3.05, 3.63) is 48.2 Å². The standard InChI is InChI=1S/C11H11NO/c1-8-7-13-11-5-3-2-4-9(11)10(8)6-12/h2-6H,1,7,12H2/b10-6-. The summed E-state index contributed by atoms with van der Waals surface area (Å²) in [5.74, 6) is 0.881. The molecule has 0 radical (unpaired) electrons. The van der Waals surface area contributed by atoms with Gasteiger partial charge in [0.15, 0.2) is 0 Å². The second-order valence-electron chi connectivity index (χ2n) is 2.97. The summed E-state index contributed by atoms with van der Waals surface area (Å²) in [6.45, 7) is 4.42. The molecule has 0 atom stereocenters. The van der Waals surface area contributed by atoms with E-state index in [0.717, 1.165) is 22.5 Å². The van der Waals surface area contributed by atoms with Crippen molar-refractivity contribution in [1.29, 1.82) is 0 Å². The molecule has 1 aromatic carbocycles. The first-order valence-electron chi connectivity index (χ1n) is 4.15. The Bertz CT molecular complexity index is 379. The molecule has 1 aliphatic heterocycles. The van der Waals surface area contributed by atoms with E-state index < -0.39 is 0 Å². The lowest BCUT2D eigenvalue weighted by Gasteiger charge is -2.21. The van der Waals surface area contributed by atoms with Crippen LogP contribution < -0.4 is 10.5 Å². The van der Waals surface area contributed by atoms with Gasteiger partial charge in [-0.15, -0.1) is 0 Å². The van der Waals surface area contributed by atoms with Gasteiger partial charge in [0.25, 0.3) is 0 Å². The minimum absolute atomic E-state index is 0.528. The summed E-state index contributed by atoms with van der Waals surface area (Å²) >= 11 is 0. The Kier molecular flexibility index (Phi) is 1.81. The molecular weight excluding hydrogens is 162 g/mol. The van der Waals surface area contributed by atoms with E-state index in [1.165, 1.54) is 0 Å². The number of benzene rings is 1. The summed E-state index contributed by atoms with van der Waals surface area (Å²) in [5.41, 5.74) is 8.48. The number of ether oxygens (including phenoxy) is 1. The zero-order valence-electron chi connectivity index (χ0n) is 7.29. The van der Waals surface area contributed by atoms with Crippen LogP contribution in [0.4, 0.5) is 0 Å². The summed E-state index contributed by atoms with van der Waals surface area (Å²) in [5, 5.41) is 0. The summed E-state index contributed by atoms with van der Waals surface area (Å²) in [6, 6.07) is 7.83. The molecule has 2 N–H and O–H groups in total. The van der Waals surface area contributed by atoms with Crippen molar-refractivity contribution in [3.63, 3.8) is 0 Å². The van der Waals surface area contributed by atoms with Gasteiger partial charge in [-0.05, 0) is 11.6 Å². The van der Waals surface area contributed by atoms with Gasteiger partial charge in [0.2, 0.25) is 0 Å². The smallest absolute Gasteiger partial charge is 0.127 e. The second-order valence-corrected chi connectivity index (χ2v) is 2.97. The Morgan fingerprint density at radius 1 is 1.38 bits per heavy atom. The number of fused-ring (bicyclic) bond motifs is 1. The number of hydrogen-bond acceptors (Lipinski definition) is 2. The van der Waals surface area contributed by atoms with Gasteiger partial charge >= 0.3 is 0 Å². The molecule has 0 fully saturated rings. The van der Waals surface area contributed by atoms with Crippen LogP contribution in [0.3, 0.4) is 0 Å². The van der Waals surface area contributed by atoms with Crippen LogP contribution in [0, 0.1) is 0 Å². The lowest BCUT2D eigenvalue weighted by atomic mass is 9.97. The molecule has 0 saturated heterocycles. The number of hydrogen-bond donors (Lipinski definition) is 1. The van der Waals surface area contributed by atoms with E-state index in [4.69, 9.17) is 10.5 Å². The van der Waals surface area contributed by atoms with Gasteiger partial charge in [-0.3, -0.25) is 0 Å². The lowest BCUT2D eigenvalue weighted by molar-refractivity contribution is 0.349. The third-order valence-electron chi connectivity index (χ3n) is 2.13. The molecule has 0 amide bonds. The van der Waals surface area contributed by atoms with E-state index in [1.807, 2.05) is 24.3 Å². The van der Waals surface area contributed by atoms with Crippen molar-refractivity contribution < 1.29 is 4.74 Å². The van der Waals surface area contributed by atoms with Crippen LogP contribution in [-0.4, -0.2) is 6.61 Å². The van der Waals surface area contributed by atoms with Crippen LogP contribution in [0.25, 0.3) is 5.57 Å². The molecule has 2 nitrogen and oxygen atoms in total. The molecule has 2 heteroatoms. The summed E-state index contributed by atoms with van der Waals surface area (Å²) in [4.78, 5) is 0. The minimum atomic E-state index is 0.528. The molecule has 1 heterocycles. The van der Waals surface area contributed by atoms with E-state index in [2.05, 4.69) is 6.58 Å². The first kappa shape index (κ1) is 7.92. The normalized spacial score (nSPS) is 18.2. The topological polar surface area (TPSA) is 35.2 Å². The van der Waals surface area contributed by atoms with Crippen LogP contribution >= 0.6 is 0 Å². The van der Waals surface area contributed by atoms with Gasteiger partial charge < -0.3 is 10.5 Å². The molecule has 0 aromatic heterocycles. The van der Waals surface area contributed by atoms with E-state index in [0.29, 0.717) is 6.61 Å². The van der Waals surface area contributed by atoms with Crippen LogP contribution in [-0.2, 0) is 0 Å². The molecule has 0 unspecified atom stereocenters. The van der Waals surface area contributed by atoms with Crippen LogP contribution in [0.5, 0.6) is 5.75 Å². The molecule has 0 spiro atoms. The number of rotatable bonds is 0. The fraction of sp³-hybridized carbons (Fsp3) is 0.0909. The van der Waals surface area contributed by atoms with Crippen LogP contribution in [0.15, 0.2) is 42.6 Å². The largest absolute Gasteiger partial charge is 0.488 e. The van der Waals surface area contributed by atoms with Crippen molar-refractivity contribution in [2.75, 3.05) is 6.61 Å². The second kappa shape index (κ2) is 2.98. The molecule has 13 heavy (non-hydrogen) atoms. The molecule has 2 rings (SSSR count). The maximum absolute atomic E-state index is 5.53. The van der Waals surface area contributed by atoms with Crippen molar-refractivity contribution in [2.24, 2.45) is 5.73 Å². The third kappa shape index (κ3) is 1.20. The Labute approximate surface area is 77.3 Å². The zero-order chi connectivity index (χ0) is 9.26. The van der Waals surface area contributed by atoms with E-state index in [9.17, 15) is 0 Å². The number of para-hydroxylation sites is 1. The highest BCUT2D eigenvalue weighted by molar-refractivity contribution is 5.83. The molecular formula is C11H11NO. The van der Waals surface area contributed by atoms with Gasteiger partial charge in [-0.2, -0.15) is 0 Å². The predicted octanol–water partition coefficient (Wildman–Crippen LogP) is 1.93.